The molecule has 2 N–H and O–H groups in total. The van der Waals surface area contributed by atoms with Crippen molar-refractivity contribution in [1.82, 2.24) is 10.0 Å². The van der Waals surface area contributed by atoms with Gasteiger partial charge in [0.25, 0.3) is 0 Å². The predicted molar refractivity (Wildman–Crippen MR) is 80.7 cm³/mol. The van der Waals surface area contributed by atoms with Crippen LogP contribution in [-0.2, 0) is 10.0 Å². The third-order valence-corrected chi connectivity index (χ3v) is 5.43. The van der Waals surface area contributed by atoms with Crippen LogP contribution in [0.1, 0.15) is 58.8 Å². The van der Waals surface area contributed by atoms with Crippen LogP contribution in [0.4, 0.5) is 0 Å². The molecule has 19 heavy (non-hydrogen) atoms. The van der Waals surface area contributed by atoms with E-state index >= 15 is 0 Å². The lowest BCUT2D eigenvalue weighted by Crippen LogP contribution is -2.39. The molecule has 0 spiro atoms. The lowest BCUT2D eigenvalue weighted by Gasteiger charge is -2.28. The number of sulfonamides is 1. The topological polar surface area (TPSA) is 58.2 Å². The summed E-state index contributed by atoms with van der Waals surface area (Å²) in [5.41, 5.74) is 0. The molecule has 0 aromatic rings. The quantitative estimate of drug-likeness (QED) is 0.640. The van der Waals surface area contributed by atoms with E-state index in [1.165, 1.54) is 25.7 Å². The lowest BCUT2D eigenvalue weighted by atomic mass is 9.84. The second kappa shape index (κ2) is 8.93. The average Bonchev–Trinajstić information content (AvgIpc) is 2.37. The van der Waals surface area contributed by atoms with Crippen LogP contribution in [0.15, 0.2) is 0 Å². The van der Waals surface area contributed by atoms with E-state index in [1.54, 1.807) is 0 Å². The Morgan fingerprint density at radius 1 is 1.11 bits per heavy atom. The van der Waals surface area contributed by atoms with Gasteiger partial charge in [0.2, 0.25) is 10.0 Å². The van der Waals surface area contributed by atoms with Crippen molar-refractivity contribution < 1.29 is 8.42 Å². The molecule has 114 valence electrons. The van der Waals surface area contributed by atoms with Gasteiger partial charge >= 0.3 is 0 Å². The molecule has 1 rings (SSSR count). The molecule has 1 saturated carbocycles. The minimum atomic E-state index is -3.08. The highest BCUT2D eigenvalue weighted by molar-refractivity contribution is 7.89. The lowest BCUT2D eigenvalue weighted by molar-refractivity contribution is 0.297. The molecule has 0 atom stereocenters. The van der Waals surface area contributed by atoms with Gasteiger partial charge < -0.3 is 5.32 Å². The van der Waals surface area contributed by atoms with Crippen LogP contribution in [0.25, 0.3) is 0 Å². The molecule has 5 heteroatoms. The molecule has 0 aliphatic heterocycles. The Kier molecular flexibility index (Phi) is 7.95. The van der Waals surface area contributed by atoms with Crippen molar-refractivity contribution in [3.8, 4) is 0 Å². The summed E-state index contributed by atoms with van der Waals surface area (Å²) in [7, 11) is -3.08. The Balaban J connectivity index is 2.23. The minimum Gasteiger partial charge on any atom is -0.317 e. The summed E-state index contributed by atoms with van der Waals surface area (Å²) in [6.07, 6.45) is 7.60. The van der Waals surface area contributed by atoms with E-state index < -0.39 is 10.0 Å². The Hall–Kier alpha value is -0.130. The van der Waals surface area contributed by atoms with Crippen LogP contribution in [0.5, 0.6) is 0 Å². The molecule has 0 bridgehead atoms. The Bertz CT molecular complexity index is 322. The van der Waals surface area contributed by atoms with Gasteiger partial charge in [-0.2, -0.15) is 0 Å². The maximum absolute atomic E-state index is 11.9. The van der Waals surface area contributed by atoms with Crippen molar-refractivity contribution in [3.63, 3.8) is 0 Å². The molecule has 4 nitrogen and oxygen atoms in total. The van der Waals surface area contributed by atoms with E-state index in [0.717, 1.165) is 31.8 Å². The third kappa shape index (κ3) is 7.28. The van der Waals surface area contributed by atoms with Gasteiger partial charge in [-0.25, -0.2) is 13.1 Å². The van der Waals surface area contributed by atoms with Crippen LogP contribution in [0.2, 0.25) is 0 Å². The highest BCUT2D eigenvalue weighted by Gasteiger charge is 2.23. The van der Waals surface area contributed by atoms with Crippen molar-refractivity contribution in [2.45, 2.75) is 64.8 Å². The number of rotatable bonds is 9. The van der Waals surface area contributed by atoms with Gasteiger partial charge in [-0.1, -0.05) is 26.7 Å². The first-order valence-electron chi connectivity index (χ1n) is 7.78. The monoisotopic (exact) mass is 290 g/mol. The fraction of sp³-hybridized carbons (Fsp3) is 1.00. The fourth-order valence-corrected chi connectivity index (χ4v) is 4.24. The zero-order valence-corrected chi connectivity index (χ0v) is 13.3. The molecular weight excluding hydrogens is 260 g/mol. The highest BCUT2D eigenvalue weighted by atomic mass is 32.2. The Morgan fingerprint density at radius 3 is 2.37 bits per heavy atom. The first-order valence-corrected chi connectivity index (χ1v) is 9.43. The third-order valence-electron chi connectivity index (χ3n) is 3.91. The van der Waals surface area contributed by atoms with E-state index in [9.17, 15) is 8.42 Å². The second-order valence-electron chi connectivity index (χ2n) is 5.65. The van der Waals surface area contributed by atoms with Crippen molar-refractivity contribution >= 4 is 10.0 Å². The van der Waals surface area contributed by atoms with Crippen molar-refractivity contribution in [1.29, 1.82) is 0 Å². The Labute approximate surface area is 118 Å². The van der Waals surface area contributed by atoms with Gasteiger partial charge in [0.15, 0.2) is 0 Å². The van der Waals surface area contributed by atoms with Gasteiger partial charge in [0.05, 0.1) is 5.75 Å². The molecule has 0 aromatic carbocycles. The summed E-state index contributed by atoms with van der Waals surface area (Å²) < 4.78 is 26.7. The molecule has 1 aliphatic rings. The van der Waals surface area contributed by atoms with Crippen LogP contribution in [-0.4, -0.2) is 33.3 Å². The van der Waals surface area contributed by atoms with Crippen LogP contribution in [0, 0.1) is 5.92 Å². The van der Waals surface area contributed by atoms with Gasteiger partial charge in [-0.05, 0) is 51.1 Å². The van der Waals surface area contributed by atoms with E-state index in [1.807, 2.05) is 6.92 Å². The van der Waals surface area contributed by atoms with Crippen molar-refractivity contribution in [2.24, 2.45) is 5.92 Å². The zero-order valence-electron chi connectivity index (χ0n) is 12.5. The standard InChI is InChI=1S/C14H30N2O2S/c1-3-6-13-7-9-14(10-8-13)16-19(17,18)12-5-11-15-4-2/h13-16H,3-12H2,1-2H3. The predicted octanol–water partition coefficient (Wildman–Crippen LogP) is 2.26. The zero-order chi connectivity index (χ0) is 14.1. The first kappa shape index (κ1) is 16.9. The SMILES string of the molecule is CCCC1CCC(NS(=O)(=O)CCCNCC)CC1. The smallest absolute Gasteiger partial charge is 0.211 e. The average molecular weight is 290 g/mol. The van der Waals surface area contributed by atoms with Crippen molar-refractivity contribution in [2.75, 3.05) is 18.8 Å². The van der Waals surface area contributed by atoms with E-state index in [0.29, 0.717) is 6.42 Å². The molecule has 1 fully saturated rings. The maximum Gasteiger partial charge on any atom is 0.211 e. The Morgan fingerprint density at radius 2 is 1.79 bits per heavy atom. The van der Waals surface area contributed by atoms with Gasteiger partial charge in [-0.15, -0.1) is 0 Å². The summed E-state index contributed by atoms with van der Waals surface area (Å²) in [6.45, 7) is 5.93. The van der Waals surface area contributed by atoms with Crippen LogP contribution in [0.3, 0.4) is 0 Å². The molecule has 0 heterocycles. The fourth-order valence-electron chi connectivity index (χ4n) is 2.85. The summed E-state index contributed by atoms with van der Waals surface area (Å²) in [4.78, 5) is 0. The van der Waals surface area contributed by atoms with E-state index in [2.05, 4.69) is 17.0 Å². The normalized spacial score (nSPS) is 24.5. The summed E-state index contributed by atoms with van der Waals surface area (Å²) in [6, 6.07) is 0.178. The van der Waals surface area contributed by atoms with Gasteiger partial charge in [0, 0.05) is 6.04 Å². The van der Waals surface area contributed by atoms with Crippen LogP contribution >= 0.6 is 0 Å². The largest absolute Gasteiger partial charge is 0.317 e. The summed E-state index contributed by atoms with van der Waals surface area (Å²) in [5.74, 6) is 1.06. The number of hydrogen-bond donors (Lipinski definition) is 2. The summed E-state index contributed by atoms with van der Waals surface area (Å²) >= 11 is 0. The van der Waals surface area contributed by atoms with Gasteiger partial charge in [0.1, 0.15) is 0 Å². The van der Waals surface area contributed by atoms with Crippen LogP contribution < -0.4 is 10.0 Å². The first-order chi connectivity index (χ1) is 9.07. The molecular formula is C14H30N2O2S. The van der Waals surface area contributed by atoms with E-state index in [-0.39, 0.29) is 11.8 Å². The number of hydrogen-bond acceptors (Lipinski definition) is 3. The second-order valence-corrected chi connectivity index (χ2v) is 7.52. The maximum atomic E-state index is 11.9. The minimum absolute atomic E-state index is 0.178. The summed E-state index contributed by atoms with van der Waals surface area (Å²) in [5, 5.41) is 3.15. The molecule has 0 amide bonds. The molecule has 0 radical (unpaired) electrons. The molecule has 0 unspecified atom stereocenters. The molecule has 1 aliphatic carbocycles. The van der Waals surface area contributed by atoms with E-state index in [4.69, 9.17) is 0 Å². The van der Waals surface area contributed by atoms with Gasteiger partial charge in [-0.3, -0.25) is 0 Å². The highest BCUT2D eigenvalue weighted by Crippen LogP contribution is 2.27. The van der Waals surface area contributed by atoms with Crippen molar-refractivity contribution in [3.05, 3.63) is 0 Å². The number of nitrogens with one attached hydrogen (secondary N) is 2. The molecule has 0 aromatic heterocycles. The molecule has 0 saturated heterocycles.